The Morgan fingerprint density at radius 2 is 2.09 bits per heavy atom. The second-order valence-electron chi connectivity index (χ2n) is 4.36. The molecule has 0 fully saturated rings. The van der Waals surface area contributed by atoms with E-state index in [0.29, 0.717) is 11.3 Å². The van der Waals surface area contributed by atoms with E-state index in [1.54, 1.807) is 30.3 Å². The zero-order valence-electron chi connectivity index (χ0n) is 11.8. The molecule has 0 aliphatic rings. The van der Waals surface area contributed by atoms with Crippen LogP contribution in [0.4, 0.5) is 5.69 Å². The monoisotopic (exact) mass is 377 g/mol. The fraction of sp³-hybridized carbons (Fsp3) is 0.0667. The zero-order valence-corrected chi connectivity index (χ0v) is 13.4. The van der Waals surface area contributed by atoms with Crippen molar-refractivity contribution in [2.24, 2.45) is 5.10 Å². The van der Waals surface area contributed by atoms with Crippen LogP contribution in [-0.4, -0.2) is 23.7 Å². The van der Waals surface area contributed by atoms with Crippen molar-refractivity contribution in [1.82, 2.24) is 5.43 Å². The van der Waals surface area contributed by atoms with E-state index in [4.69, 9.17) is 4.74 Å². The Morgan fingerprint density at radius 3 is 2.83 bits per heavy atom. The van der Waals surface area contributed by atoms with Gasteiger partial charge in [0.15, 0.2) is 6.61 Å². The number of carbonyl (C=O) groups excluding carboxylic acids is 1. The first-order valence-corrected chi connectivity index (χ1v) is 7.29. The van der Waals surface area contributed by atoms with Gasteiger partial charge in [0.25, 0.3) is 11.6 Å². The summed E-state index contributed by atoms with van der Waals surface area (Å²) in [7, 11) is 0. The molecule has 7 nitrogen and oxygen atoms in total. The van der Waals surface area contributed by atoms with Crippen LogP contribution in [0.3, 0.4) is 0 Å². The van der Waals surface area contributed by atoms with Crippen LogP contribution >= 0.6 is 15.9 Å². The second kappa shape index (κ2) is 8.04. The summed E-state index contributed by atoms with van der Waals surface area (Å²) in [5.41, 5.74) is 2.46. The van der Waals surface area contributed by atoms with Crippen molar-refractivity contribution in [3.05, 3.63) is 68.7 Å². The number of carbonyl (C=O) groups is 1. The Balaban J connectivity index is 1.88. The molecule has 8 heteroatoms. The normalized spacial score (nSPS) is 10.5. The highest BCUT2D eigenvalue weighted by Crippen LogP contribution is 2.17. The highest BCUT2D eigenvalue weighted by molar-refractivity contribution is 9.10. The van der Waals surface area contributed by atoms with Gasteiger partial charge in [0.05, 0.1) is 16.7 Å². The summed E-state index contributed by atoms with van der Waals surface area (Å²) in [6.45, 7) is -0.218. The van der Waals surface area contributed by atoms with Crippen molar-refractivity contribution in [2.75, 3.05) is 6.61 Å². The third kappa shape index (κ3) is 5.19. The van der Waals surface area contributed by atoms with Gasteiger partial charge in [-0.3, -0.25) is 14.9 Å². The molecule has 0 aliphatic carbocycles. The van der Waals surface area contributed by atoms with Gasteiger partial charge in [0, 0.05) is 10.5 Å². The molecule has 0 aromatic heterocycles. The molecular formula is C15H12BrN3O4. The number of rotatable bonds is 6. The van der Waals surface area contributed by atoms with Gasteiger partial charge < -0.3 is 4.74 Å². The molecule has 0 saturated heterocycles. The Morgan fingerprint density at radius 1 is 1.30 bits per heavy atom. The largest absolute Gasteiger partial charge is 0.484 e. The fourth-order valence-electron chi connectivity index (χ4n) is 1.67. The number of hydrazone groups is 1. The lowest BCUT2D eigenvalue weighted by Gasteiger charge is -2.05. The van der Waals surface area contributed by atoms with Crippen LogP contribution in [0.25, 0.3) is 0 Å². The van der Waals surface area contributed by atoms with E-state index >= 15 is 0 Å². The number of ether oxygens (including phenoxy) is 1. The lowest BCUT2D eigenvalue weighted by atomic mass is 10.2. The molecule has 0 saturated carbocycles. The Bertz CT molecular complexity index is 749. The second-order valence-corrected chi connectivity index (χ2v) is 5.27. The molecule has 2 aromatic rings. The first-order valence-electron chi connectivity index (χ1n) is 6.50. The van der Waals surface area contributed by atoms with Crippen LogP contribution in [0.2, 0.25) is 0 Å². The molecule has 1 N–H and O–H groups in total. The van der Waals surface area contributed by atoms with Crippen molar-refractivity contribution >= 4 is 33.7 Å². The average Bonchev–Trinajstić information content (AvgIpc) is 2.53. The molecule has 0 unspecified atom stereocenters. The highest BCUT2D eigenvalue weighted by atomic mass is 79.9. The van der Waals surface area contributed by atoms with Gasteiger partial charge in [-0.05, 0) is 24.3 Å². The number of hydrogen-bond acceptors (Lipinski definition) is 5. The molecule has 2 rings (SSSR count). The average molecular weight is 378 g/mol. The molecule has 2 aromatic carbocycles. The maximum atomic E-state index is 11.6. The topological polar surface area (TPSA) is 93.8 Å². The van der Waals surface area contributed by atoms with Crippen molar-refractivity contribution in [3.63, 3.8) is 0 Å². The number of halogens is 1. The molecule has 0 aliphatic heterocycles. The molecule has 0 bridgehead atoms. The minimum Gasteiger partial charge on any atom is -0.484 e. The number of nitrogens with zero attached hydrogens (tertiary/aromatic N) is 2. The smallest absolute Gasteiger partial charge is 0.278 e. The Hall–Kier alpha value is -2.74. The molecule has 23 heavy (non-hydrogen) atoms. The minimum atomic E-state index is -0.514. The number of para-hydroxylation sites is 1. The lowest BCUT2D eigenvalue weighted by molar-refractivity contribution is -0.385. The van der Waals surface area contributed by atoms with Crippen LogP contribution in [0.15, 0.2) is 58.1 Å². The summed E-state index contributed by atoms with van der Waals surface area (Å²) in [4.78, 5) is 21.9. The van der Waals surface area contributed by atoms with Gasteiger partial charge in [-0.2, -0.15) is 5.10 Å². The summed E-state index contributed by atoms with van der Waals surface area (Å²) >= 11 is 3.30. The van der Waals surface area contributed by atoms with Crippen LogP contribution in [0, 0.1) is 10.1 Å². The number of hydrogen-bond donors (Lipinski definition) is 1. The molecule has 118 valence electrons. The van der Waals surface area contributed by atoms with Crippen molar-refractivity contribution in [2.45, 2.75) is 0 Å². The first kappa shape index (κ1) is 16.6. The maximum absolute atomic E-state index is 11.6. The van der Waals surface area contributed by atoms with Crippen LogP contribution in [0.5, 0.6) is 5.75 Å². The number of nitro groups is 1. The predicted molar refractivity (Wildman–Crippen MR) is 88.5 cm³/mol. The number of nitrogens with one attached hydrogen (secondary N) is 1. The molecule has 0 atom stereocenters. The summed E-state index contributed by atoms with van der Waals surface area (Å²) in [5.74, 6) is 0.0667. The quantitative estimate of drug-likeness (QED) is 0.475. The van der Waals surface area contributed by atoms with Gasteiger partial charge in [0.2, 0.25) is 0 Å². The Labute approximate surface area is 140 Å². The van der Waals surface area contributed by atoms with E-state index in [9.17, 15) is 14.9 Å². The van der Waals surface area contributed by atoms with Crippen molar-refractivity contribution in [1.29, 1.82) is 0 Å². The molecule has 1 amide bonds. The van der Waals surface area contributed by atoms with Crippen molar-refractivity contribution in [3.8, 4) is 5.75 Å². The first-order chi connectivity index (χ1) is 11.1. The number of nitro benzene ring substituents is 1. The van der Waals surface area contributed by atoms with E-state index in [1.165, 1.54) is 18.3 Å². The number of amides is 1. The molecule has 0 radical (unpaired) electrons. The summed E-state index contributed by atoms with van der Waals surface area (Å²) in [6.07, 6.45) is 1.22. The van der Waals surface area contributed by atoms with E-state index in [0.717, 1.165) is 4.47 Å². The SMILES string of the molecule is O=C(COc1cccc(Br)c1)N/N=C\c1ccccc1[N+](=O)[O-]. The molecule has 0 heterocycles. The molecular weight excluding hydrogens is 366 g/mol. The third-order valence-corrected chi connectivity index (χ3v) is 3.19. The maximum Gasteiger partial charge on any atom is 0.278 e. The molecule has 0 spiro atoms. The van der Waals surface area contributed by atoms with Gasteiger partial charge in [-0.1, -0.05) is 34.1 Å². The van der Waals surface area contributed by atoms with E-state index in [2.05, 4.69) is 26.5 Å². The highest BCUT2D eigenvalue weighted by Gasteiger charge is 2.10. The lowest BCUT2D eigenvalue weighted by Crippen LogP contribution is -2.24. The summed E-state index contributed by atoms with van der Waals surface area (Å²) < 4.78 is 6.13. The van der Waals surface area contributed by atoms with Crippen LogP contribution < -0.4 is 10.2 Å². The summed E-state index contributed by atoms with van der Waals surface area (Å²) in [6, 6.07) is 13.2. The van der Waals surface area contributed by atoms with Gasteiger partial charge in [-0.25, -0.2) is 5.43 Å². The predicted octanol–water partition coefficient (Wildman–Crippen LogP) is 2.89. The standard InChI is InChI=1S/C15H12BrN3O4/c16-12-5-3-6-13(8-12)23-10-15(20)18-17-9-11-4-1-2-7-14(11)19(21)22/h1-9H,10H2,(H,18,20)/b17-9-. The Kier molecular flexibility index (Phi) is 5.81. The van der Waals surface area contributed by atoms with E-state index < -0.39 is 10.8 Å². The van der Waals surface area contributed by atoms with Crippen LogP contribution in [-0.2, 0) is 4.79 Å². The van der Waals surface area contributed by atoms with E-state index in [-0.39, 0.29) is 12.3 Å². The summed E-state index contributed by atoms with van der Waals surface area (Å²) in [5, 5.41) is 14.5. The van der Waals surface area contributed by atoms with E-state index in [1.807, 2.05) is 6.07 Å². The fourth-order valence-corrected chi connectivity index (χ4v) is 2.05. The minimum absolute atomic E-state index is 0.0871. The van der Waals surface area contributed by atoms with Gasteiger partial charge in [0.1, 0.15) is 5.75 Å². The van der Waals surface area contributed by atoms with Gasteiger partial charge >= 0.3 is 0 Å². The van der Waals surface area contributed by atoms with Crippen LogP contribution in [0.1, 0.15) is 5.56 Å². The zero-order chi connectivity index (χ0) is 16.7. The third-order valence-electron chi connectivity index (χ3n) is 2.69. The van der Waals surface area contributed by atoms with Gasteiger partial charge in [-0.15, -0.1) is 0 Å². The van der Waals surface area contributed by atoms with Crippen molar-refractivity contribution < 1.29 is 14.5 Å². The number of benzene rings is 2.